The van der Waals surface area contributed by atoms with Gasteiger partial charge in [0.05, 0.1) is 19.8 Å². The van der Waals surface area contributed by atoms with Gasteiger partial charge in [-0.2, -0.15) is 4.98 Å². The molecule has 0 atom stereocenters. The van der Waals surface area contributed by atoms with Crippen LogP contribution in [0.4, 0.5) is 10.7 Å². The van der Waals surface area contributed by atoms with E-state index in [9.17, 15) is 18.0 Å². The summed E-state index contributed by atoms with van der Waals surface area (Å²) in [6.45, 7) is 0. The summed E-state index contributed by atoms with van der Waals surface area (Å²) >= 11 is 1.88. The standard InChI is InChI=1S/C14H13IN4O6S/c1-24-11-7-10(15)16-13(17-11)18-14(21)19-26(22,23)9-6-4-3-5-8(9)12(20)25-2/h3-7H,1-2H3,(H2,16,17,18,19,21). The number of esters is 1. The van der Waals surface area contributed by atoms with Gasteiger partial charge in [-0.1, -0.05) is 12.1 Å². The van der Waals surface area contributed by atoms with Gasteiger partial charge in [0.15, 0.2) is 0 Å². The molecule has 1 aromatic carbocycles. The number of sulfonamides is 1. The summed E-state index contributed by atoms with van der Waals surface area (Å²) in [5.41, 5.74) is -0.206. The highest BCUT2D eigenvalue weighted by Gasteiger charge is 2.25. The van der Waals surface area contributed by atoms with Crippen LogP contribution in [0.1, 0.15) is 10.4 Å². The highest BCUT2D eigenvalue weighted by atomic mass is 127. The lowest BCUT2D eigenvalue weighted by atomic mass is 10.2. The topological polar surface area (TPSA) is 137 Å². The summed E-state index contributed by atoms with van der Waals surface area (Å²) in [6, 6.07) is 5.74. The number of rotatable bonds is 5. The Labute approximate surface area is 162 Å². The minimum atomic E-state index is -4.34. The van der Waals surface area contributed by atoms with E-state index >= 15 is 0 Å². The fourth-order valence-electron chi connectivity index (χ4n) is 1.84. The Bertz CT molecular complexity index is 950. The zero-order chi connectivity index (χ0) is 19.3. The molecular weight excluding hydrogens is 479 g/mol. The van der Waals surface area contributed by atoms with Crippen molar-refractivity contribution < 1.29 is 27.5 Å². The first-order chi connectivity index (χ1) is 12.3. The Kier molecular flexibility index (Phi) is 6.31. The van der Waals surface area contributed by atoms with Crippen molar-refractivity contribution in [3.63, 3.8) is 0 Å². The van der Waals surface area contributed by atoms with Crippen molar-refractivity contribution in [2.45, 2.75) is 4.90 Å². The van der Waals surface area contributed by atoms with Gasteiger partial charge in [0.2, 0.25) is 11.8 Å². The van der Waals surface area contributed by atoms with E-state index in [0.29, 0.717) is 3.70 Å². The number of anilines is 1. The lowest BCUT2D eigenvalue weighted by molar-refractivity contribution is 0.0596. The smallest absolute Gasteiger partial charge is 0.339 e. The quantitative estimate of drug-likeness (QED) is 0.363. The van der Waals surface area contributed by atoms with Gasteiger partial charge in [-0.15, -0.1) is 0 Å². The molecule has 2 amide bonds. The molecular formula is C14H13IN4O6S. The van der Waals surface area contributed by atoms with Crippen molar-refractivity contribution in [1.82, 2.24) is 14.7 Å². The number of halogens is 1. The van der Waals surface area contributed by atoms with Crippen LogP contribution < -0.4 is 14.8 Å². The van der Waals surface area contributed by atoms with Crippen LogP contribution in [0.5, 0.6) is 5.88 Å². The Hall–Kier alpha value is -2.48. The fourth-order valence-corrected chi connectivity index (χ4v) is 3.44. The zero-order valence-electron chi connectivity index (χ0n) is 13.5. The van der Waals surface area contributed by atoms with E-state index in [1.165, 1.54) is 37.4 Å². The second-order valence-corrected chi connectivity index (χ2v) is 7.36. The molecule has 2 rings (SSSR count). The lowest BCUT2D eigenvalue weighted by Gasteiger charge is -2.11. The third-order valence-corrected chi connectivity index (χ3v) is 4.86. The summed E-state index contributed by atoms with van der Waals surface area (Å²) in [5, 5.41) is 2.19. The molecule has 12 heteroatoms. The van der Waals surface area contributed by atoms with Gasteiger partial charge in [0.1, 0.15) is 8.60 Å². The van der Waals surface area contributed by atoms with Gasteiger partial charge >= 0.3 is 12.0 Å². The molecule has 0 saturated carbocycles. The SMILES string of the molecule is COC(=O)c1ccccc1S(=O)(=O)NC(=O)Nc1nc(I)cc(OC)n1. The van der Waals surface area contributed by atoms with E-state index < -0.39 is 26.9 Å². The van der Waals surface area contributed by atoms with Crippen molar-refractivity contribution in [2.24, 2.45) is 0 Å². The Balaban J connectivity index is 2.24. The number of methoxy groups -OCH3 is 2. The summed E-state index contributed by atoms with van der Waals surface area (Å²) in [5.74, 6) is -0.807. The Morgan fingerprint density at radius 3 is 2.50 bits per heavy atom. The normalized spacial score (nSPS) is 10.7. The number of nitrogens with zero attached hydrogens (tertiary/aromatic N) is 2. The van der Waals surface area contributed by atoms with Gasteiger partial charge in [-0.25, -0.2) is 27.7 Å². The minimum Gasteiger partial charge on any atom is -0.481 e. The molecule has 0 saturated heterocycles. The predicted octanol–water partition coefficient (Wildman–Crippen LogP) is 1.39. The summed E-state index contributed by atoms with van der Waals surface area (Å²) < 4.78 is 36.6. The maximum Gasteiger partial charge on any atom is 0.339 e. The van der Waals surface area contributed by atoms with Crippen LogP contribution >= 0.6 is 22.6 Å². The van der Waals surface area contributed by atoms with Crippen LogP contribution in [0, 0.1) is 3.70 Å². The molecule has 1 aromatic heterocycles. The first-order valence-electron chi connectivity index (χ1n) is 6.86. The van der Waals surface area contributed by atoms with Crippen LogP contribution in [-0.4, -0.2) is 44.6 Å². The van der Waals surface area contributed by atoms with Crippen LogP contribution in [-0.2, 0) is 14.8 Å². The predicted molar refractivity (Wildman–Crippen MR) is 98.4 cm³/mol. The maximum absolute atomic E-state index is 12.4. The highest BCUT2D eigenvalue weighted by molar-refractivity contribution is 14.1. The van der Waals surface area contributed by atoms with Crippen molar-refractivity contribution in [3.05, 3.63) is 39.6 Å². The second-order valence-electron chi connectivity index (χ2n) is 4.60. The molecule has 2 aromatic rings. The Morgan fingerprint density at radius 1 is 1.15 bits per heavy atom. The number of benzene rings is 1. The lowest BCUT2D eigenvalue weighted by Crippen LogP contribution is -2.35. The van der Waals surface area contributed by atoms with E-state index in [1.54, 1.807) is 4.72 Å². The highest BCUT2D eigenvalue weighted by Crippen LogP contribution is 2.17. The molecule has 26 heavy (non-hydrogen) atoms. The number of amides is 2. The number of carbonyl (C=O) groups excluding carboxylic acids is 2. The largest absolute Gasteiger partial charge is 0.481 e. The number of hydrogen-bond donors (Lipinski definition) is 2. The summed E-state index contributed by atoms with van der Waals surface area (Å²) in [7, 11) is -1.84. The van der Waals surface area contributed by atoms with Crippen LogP contribution in [0.2, 0.25) is 0 Å². The van der Waals surface area contributed by atoms with E-state index in [-0.39, 0.29) is 17.4 Å². The third kappa shape index (κ3) is 4.78. The Morgan fingerprint density at radius 2 is 1.85 bits per heavy atom. The third-order valence-electron chi connectivity index (χ3n) is 2.91. The van der Waals surface area contributed by atoms with Crippen LogP contribution in [0.25, 0.3) is 0 Å². The molecule has 0 unspecified atom stereocenters. The van der Waals surface area contributed by atoms with Crippen molar-refractivity contribution in [2.75, 3.05) is 19.5 Å². The molecule has 10 nitrogen and oxygen atoms in total. The number of urea groups is 1. The van der Waals surface area contributed by atoms with Gasteiger partial charge in [-0.3, -0.25) is 5.32 Å². The monoisotopic (exact) mass is 492 g/mol. The molecule has 2 N–H and O–H groups in total. The average Bonchev–Trinajstić information content (AvgIpc) is 2.59. The van der Waals surface area contributed by atoms with Crippen LogP contribution in [0.3, 0.4) is 0 Å². The number of carbonyl (C=O) groups is 2. The van der Waals surface area contributed by atoms with Crippen LogP contribution in [0.15, 0.2) is 35.2 Å². The molecule has 1 heterocycles. The van der Waals surface area contributed by atoms with E-state index in [1.807, 2.05) is 22.6 Å². The number of hydrogen-bond acceptors (Lipinski definition) is 8. The van der Waals surface area contributed by atoms with E-state index in [0.717, 1.165) is 7.11 Å². The maximum atomic E-state index is 12.4. The van der Waals surface area contributed by atoms with Gasteiger partial charge < -0.3 is 9.47 Å². The summed E-state index contributed by atoms with van der Waals surface area (Å²) in [4.78, 5) is 31.2. The summed E-state index contributed by atoms with van der Waals surface area (Å²) in [6.07, 6.45) is 0. The zero-order valence-corrected chi connectivity index (χ0v) is 16.5. The first kappa shape index (κ1) is 19.8. The molecule has 0 aliphatic carbocycles. The van der Waals surface area contributed by atoms with E-state index in [4.69, 9.17) is 4.74 Å². The number of nitrogens with one attached hydrogen (secondary N) is 2. The molecule has 0 spiro atoms. The molecule has 0 radical (unpaired) electrons. The van der Waals surface area contributed by atoms with Gasteiger partial charge in [0.25, 0.3) is 10.0 Å². The molecule has 0 fully saturated rings. The number of ether oxygens (including phenoxy) is 2. The van der Waals surface area contributed by atoms with Crippen molar-refractivity contribution >= 4 is 50.6 Å². The first-order valence-corrected chi connectivity index (χ1v) is 9.42. The van der Waals surface area contributed by atoms with E-state index in [2.05, 4.69) is 20.0 Å². The molecule has 138 valence electrons. The average molecular weight is 492 g/mol. The van der Waals surface area contributed by atoms with Crippen molar-refractivity contribution in [1.29, 1.82) is 0 Å². The van der Waals surface area contributed by atoms with Crippen molar-refractivity contribution in [3.8, 4) is 5.88 Å². The number of aromatic nitrogens is 2. The van der Waals surface area contributed by atoms with Gasteiger partial charge in [-0.05, 0) is 34.7 Å². The fraction of sp³-hybridized carbons (Fsp3) is 0.143. The molecule has 0 bridgehead atoms. The molecule has 0 aliphatic heterocycles. The minimum absolute atomic E-state index is 0.150. The van der Waals surface area contributed by atoms with Gasteiger partial charge in [0, 0.05) is 6.07 Å². The second kappa shape index (κ2) is 8.27. The molecule has 0 aliphatic rings.